The zero-order valence-corrected chi connectivity index (χ0v) is 14.0. The topological polar surface area (TPSA) is 78.5 Å². The maximum Gasteiger partial charge on any atom is 0.350 e. The van der Waals surface area contributed by atoms with Crippen molar-refractivity contribution in [3.63, 3.8) is 0 Å². The van der Waals surface area contributed by atoms with E-state index in [2.05, 4.69) is 5.43 Å². The van der Waals surface area contributed by atoms with Crippen molar-refractivity contribution in [2.45, 2.75) is 10.9 Å². The van der Waals surface area contributed by atoms with E-state index in [-0.39, 0.29) is 4.90 Å². The fourth-order valence-corrected chi connectivity index (χ4v) is 3.38. The van der Waals surface area contributed by atoms with E-state index in [0.717, 1.165) is 5.56 Å². The number of amides is 2. The summed E-state index contributed by atoms with van der Waals surface area (Å²) in [7, 11) is -3.99. The third-order valence-electron chi connectivity index (χ3n) is 3.48. The molecule has 0 bridgehead atoms. The summed E-state index contributed by atoms with van der Waals surface area (Å²) in [6.45, 7) is 0. The molecule has 124 valence electrons. The Kier molecular flexibility index (Phi) is 4.46. The Bertz CT molecular complexity index is 867. The van der Waals surface area contributed by atoms with Gasteiger partial charge in [-0.2, -0.15) is 0 Å². The number of hydrogen-bond donors (Lipinski definition) is 2. The van der Waals surface area contributed by atoms with Crippen molar-refractivity contribution in [1.82, 2.24) is 15.2 Å². The molecule has 2 aromatic rings. The van der Waals surface area contributed by atoms with Gasteiger partial charge in [-0.05, 0) is 35.9 Å². The van der Waals surface area contributed by atoms with Gasteiger partial charge in [0.25, 0.3) is 10.0 Å². The number of halogens is 1. The van der Waals surface area contributed by atoms with Crippen molar-refractivity contribution in [3.05, 3.63) is 77.5 Å². The normalized spacial score (nSPS) is 16.7. The molecule has 2 amide bonds. The van der Waals surface area contributed by atoms with E-state index in [1.165, 1.54) is 29.3 Å². The van der Waals surface area contributed by atoms with Gasteiger partial charge in [0.05, 0.1) is 10.9 Å². The van der Waals surface area contributed by atoms with Gasteiger partial charge in [-0.25, -0.2) is 22.9 Å². The Morgan fingerprint density at radius 3 is 2.42 bits per heavy atom. The highest BCUT2D eigenvalue weighted by atomic mass is 35.5. The molecule has 2 N–H and O–H groups in total. The predicted molar refractivity (Wildman–Crippen MR) is 90.5 cm³/mol. The molecule has 1 heterocycles. The van der Waals surface area contributed by atoms with Crippen LogP contribution in [-0.2, 0) is 10.0 Å². The van der Waals surface area contributed by atoms with Gasteiger partial charge in [0.2, 0.25) is 0 Å². The minimum atomic E-state index is -3.99. The van der Waals surface area contributed by atoms with Crippen LogP contribution in [0.25, 0.3) is 0 Å². The maximum atomic E-state index is 12.4. The molecule has 3 rings (SSSR count). The van der Waals surface area contributed by atoms with E-state index in [1.807, 2.05) is 35.1 Å². The largest absolute Gasteiger partial charge is 0.350 e. The van der Waals surface area contributed by atoms with Crippen molar-refractivity contribution in [2.24, 2.45) is 0 Å². The van der Waals surface area contributed by atoms with Crippen molar-refractivity contribution >= 4 is 27.7 Å². The van der Waals surface area contributed by atoms with Gasteiger partial charge in [0.1, 0.15) is 0 Å². The molecule has 0 saturated heterocycles. The smallest absolute Gasteiger partial charge is 0.301 e. The van der Waals surface area contributed by atoms with Gasteiger partial charge in [-0.15, -0.1) is 0 Å². The molecule has 0 aromatic heterocycles. The molecular weight excluding hydrogens is 350 g/mol. The summed E-state index contributed by atoms with van der Waals surface area (Å²) in [6.07, 6.45) is 3.36. The number of urea groups is 1. The number of hydrazine groups is 1. The van der Waals surface area contributed by atoms with Crippen molar-refractivity contribution < 1.29 is 13.2 Å². The molecule has 0 spiro atoms. The van der Waals surface area contributed by atoms with E-state index in [4.69, 9.17) is 11.6 Å². The first-order valence-corrected chi connectivity index (χ1v) is 8.93. The minimum Gasteiger partial charge on any atom is -0.301 e. The quantitative estimate of drug-likeness (QED) is 0.879. The Morgan fingerprint density at radius 1 is 1.08 bits per heavy atom. The first kappa shape index (κ1) is 16.4. The van der Waals surface area contributed by atoms with Crippen LogP contribution in [0.2, 0.25) is 5.02 Å². The summed E-state index contributed by atoms with van der Waals surface area (Å²) in [6, 6.07) is 13.7. The lowest BCUT2D eigenvalue weighted by molar-refractivity contribution is 0.181. The summed E-state index contributed by atoms with van der Waals surface area (Å²) in [5.41, 5.74) is 3.60. The average molecular weight is 364 g/mol. The standard InChI is InChI=1S/C16H14ClN3O3S/c17-13-6-8-14(9-7-13)24(22,23)19-16(21)20-15(10-11-18-20)12-4-2-1-3-5-12/h1-11,15,18H,(H,19,21). The van der Waals surface area contributed by atoms with Gasteiger partial charge in [-0.1, -0.05) is 41.9 Å². The molecule has 24 heavy (non-hydrogen) atoms. The fraction of sp³-hybridized carbons (Fsp3) is 0.0625. The second-order valence-corrected chi connectivity index (χ2v) is 7.20. The Balaban J connectivity index is 1.78. The average Bonchev–Trinajstić information content (AvgIpc) is 3.05. The summed E-state index contributed by atoms with van der Waals surface area (Å²) in [4.78, 5) is 12.4. The van der Waals surface area contributed by atoms with Crippen LogP contribution in [-0.4, -0.2) is 19.5 Å². The molecule has 6 nitrogen and oxygen atoms in total. The van der Waals surface area contributed by atoms with E-state index in [1.54, 1.807) is 12.3 Å². The molecule has 1 unspecified atom stereocenters. The summed E-state index contributed by atoms with van der Waals surface area (Å²) in [5.74, 6) is 0. The summed E-state index contributed by atoms with van der Waals surface area (Å²) >= 11 is 5.75. The van der Waals surface area contributed by atoms with Crippen LogP contribution in [0.5, 0.6) is 0 Å². The Hall–Kier alpha value is -2.51. The minimum absolute atomic E-state index is 0.0383. The van der Waals surface area contributed by atoms with Crippen LogP contribution in [0.4, 0.5) is 4.79 Å². The number of rotatable bonds is 3. The van der Waals surface area contributed by atoms with Crippen LogP contribution >= 0.6 is 11.6 Å². The third kappa shape index (κ3) is 3.37. The van der Waals surface area contributed by atoms with Crippen LogP contribution in [0.15, 0.2) is 71.8 Å². The van der Waals surface area contributed by atoms with Crippen molar-refractivity contribution in [2.75, 3.05) is 0 Å². The zero-order chi connectivity index (χ0) is 17.2. The van der Waals surface area contributed by atoms with Gasteiger partial charge >= 0.3 is 6.03 Å². The van der Waals surface area contributed by atoms with Crippen LogP contribution < -0.4 is 10.1 Å². The number of nitrogens with one attached hydrogen (secondary N) is 2. The number of benzene rings is 2. The third-order valence-corrected chi connectivity index (χ3v) is 5.06. The SMILES string of the molecule is O=C(NS(=O)(=O)c1ccc(Cl)cc1)N1NC=CC1c1ccccc1. The predicted octanol–water partition coefficient (Wildman–Crippen LogP) is 2.81. The number of hydrogen-bond acceptors (Lipinski definition) is 4. The molecular formula is C16H14ClN3O3S. The second-order valence-electron chi connectivity index (χ2n) is 5.08. The number of carbonyl (C=O) groups is 1. The van der Waals surface area contributed by atoms with Gasteiger partial charge in [0, 0.05) is 11.2 Å². The van der Waals surface area contributed by atoms with E-state index >= 15 is 0 Å². The number of sulfonamides is 1. The molecule has 0 radical (unpaired) electrons. The maximum absolute atomic E-state index is 12.4. The summed E-state index contributed by atoms with van der Waals surface area (Å²) < 4.78 is 26.7. The first-order chi connectivity index (χ1) is 11.5. The van der Waals surface area contributed by atoms with Crippen LogP contribution in [0, 0.1) is 0 Å². The molecule has 2 aromatic carbocycles. The van der Waals surface area contributed by atoms with Gasteiger partial charge < -0.3 is 5.43 Å². The zero-order valence-electron chi connectivity index (χ0n) is 12.4. The lowest BCUT2D eigenvalue weighted by Gasteiger charge is -2.24. The van der Waals surface area contributed by atoms with Gasteiger partial charge in [0.15, 0.2) is 0 Å². The van der Waals surface area contributed by atoms with Crippen molar-refractivity contribution in [1.29, 1.82) is 0 Å². The lowest BCUT2D eigenvalue weighted by atomic mass is 10.1. The highest BCUT2D eigenvalue weighted by Crippen LogP contribution is 2.24. The summed E-state index contributed by atoms with van der Waals surface area (Å²) in [5, 5.41) is 1.62. The first-order valence-electron chi connectivity index (χ1n) is 7.07. The Morgan fingerprint density at radius 2 is 1.75 bits per heavy atom. The lowest BCUT2D eigenvalue weighted by Crippen LogP contribution is -2.47. The van der Waals surface area contributed by atoms with E-state index in [9.17, 15) is 13.2 Å². The molecule has 1 atom stereocenters. The van der Waals surface area contributed by atoms with Gasteiger partial charge in [-0.3, -0.25) is 0 Å². The highest BCUT2D eigenvalue weighted by Gasteiger charge is 2.29. The fourth-order valence-electron chi connectivity index (χ4n) is 2.31. The van der Waals surface area contributed by atoms with Crippen LogP contribution in [0.1, 0.15) is 11.6 Å². The highest BCUT2D eigenvalue weighted by molar-refractivity contribution is 7.90. The molecule has 0 aliphatic carbocycles. The monoisotopic (exact) mass is 363 g/mol. The van der Waals surface area contributed by atoms with Crippen LogP contribution in [0.3, 0.4) is 0 Å². The second kappa shape index (κ2) is 6.54. The molecule has 8 heteroatoms. The van der Waals surface area contributed by atoms with E-state index in [0.29, 0.717) is 5.02 Å². The number of nitrogens with zero attached hydrogens (tertiary/aromatic N) is 1. The molecule has 0 saturated carbocycles. The molecule has 1 aliphatic rings. The number of carbonyl (C=O) groups excluding carboxylic acids is 1. The molecule has 0 fully saturated rings. The Labute approximate surface area is 144 Å². The van der Waals surface area contributed by atoms with E-state index < -0.39 is 22.1 Å². The molecule has 1 aliphatic heterocycles. The van der Waals surface area contributed by atoms with Crippen molar-refractivity contribution in [3.8, 4) is 0 Å².